The molecule has 0 unspecified atom stereocenters. The first-order chi connectivity index (χ1) is 8.58. The van der Waals surface area contributed by atoms with Crippen LogP contribution in [0.25, 0.3) is 10.9 Å². The van der Waals surface area contributed by atoms with Gasteiger partial charge in [-0.1, -0.05) is 0 Å². The van der Waals surface area contributed by atoms with Crippen molar-refractivity contribution in [2.24, 2.45) is 0 Å². The highest BCUT2D eigenvalue weighted by atomic mass is 16.6. The number of likely N-dealkylation sites (N-methyl/N-ethyl adjacent to an activating group) is 1. The van der Waals surface area contributed by atoms with Crippen LogP contribution in [0.4, 0.5) is 5.69 Å². The molecule has 7 nitrogen and oxygen atoms in total. The standard InChI is InChI=1S/C11H14N4O3/c1-14(2)3-4-18-11-6-9-8(7-12-13-9)5-10(11)15(16)17/h5-7H,3-4H2,1-2H3,(H,12,13). The fourth-order valence-corrected chi connectivity index (χ4v) is 1.56. The SMILES string of the molecule is CN(C)CCOc1cc2[nH]ncc2cc1[N+](=O)[O-]. The van der Waals surface area contributed by atoms with Gasteiger partial charge in [0.25, 0.3) is 0 Å². The maximum absolute atomic E-state index is 11.0. The molecule has 96 valence electrons. The van der Waals surface area contributed by atoms with Crippen molar-refractivity contribution in [3.05, 3.63) is 28.4 Å². The predicted octanol–water partition coefficient (Wildman–Crippen LogP) is 1.41. The van der Waals surface area contributed by atoms with E-state index in [4.69, 9.17) is 4.74 Å². The Morgan fingerprint density at radius 3 is 2.94 bits per heavy atom. The smallest absolute Gasteiger partial charge is 0.311 e. The summed E-state index contributed by atoms with van der Waals surface area (Å²) < 4.78 is 5.46. The van der Waals surface area contributed by atoms with Gasteiger partial charge in [-0.2, -0.15) is 5.10 Å². The van der Waals surface area contributed by atoms with E-state index in [9.17, 15) is 10.1 Å². The van der Waals surface area contributed by atoms with Crippen LogP contribution >= 0.6 is 0 Å². The van der Waals surface area contributed by atoms with E-state index in [0.717, 1.165) is 5.52 Å². The Morgan fingerprint density at radius 2 is 2.28 bits per heavy atom. The van der Waals surface area contributed by atoms with E-state index >= 15 is 0 Å². The lowest BCUT2D eigenvalue weighted by Crippen LogP contribution is -2.19. The van der Waals surface area contributed by atoms with Crippen molar-refractivity contribution in [1.82, 2.24) is 15.1 Å². The van der Waals surface area contributed by atoms with Crippen LogP contribution in [-0.4, -0.2) is 47.3 Å². The van der Waals surface area contributed by atoms with E-state index < -0.39 is 4.92 Å². The zero-order valence-electron chi connectivity index (χ0n) is 10.2. The number of nitro groups is 1. The number of nitrogens with zero attached hydrogens (tertiary/aromatic N) is 3. The fourth-order valence-electron chi connectivity index (χ4n) is 1.56. The van der Waals surface area contributed by atoms with Crippen LogP contribution in [0.3, 0.4) is 0 Å². The number of rotatable bonds is 5. The van der Waals surface area contributed by atoms with Crippen LogP contribution in [0.15, 0.2) is 18.3 Å². The van der Waals surface area contributed by atoms with E-state index in [0.29, 0.717) is 18.5 Å². The number of nitrogens with one attached hydrogen (secondary N) is 1. The van der Waals surface area contributed by atoms with Crippen molar-refractivity contribution in [2.75, 3.05) is 27.2 Å². The number of benzene rings is 1. The summed E-state index contributed by atoms with van der Waals surface area (Å²) in [5.74, 6) is 0.263. The first-order valence-electron chi connectivity index (χ1n) is 5.47. The summed E-state index contributed by atoms with van der Waals surface area (Å²) in [6, 6.07) is 3.07. The van der Waals surface area contributed by atoms with Crippen molar-refractivity contribution in [3.63, 3.8) is 0 Å². The summed E-state index contributed by atoms with van der Waals surface area (Å²) in [7, 11) is 3.83. The molecule has 7 heteroatoms. The Kier molecular flexibility index (Phi) is 3.42. The van der Waals surface area contributed by atoms with Gasteiger partial charge < -0.3 is 9.64 Å². The van der Waals surface area contributed by atoms with Gasteiger partial charge in [-0.3, -0.25) is 15.2 Å². The lowest BCUT2D eigenvalue weighted by atomic mass is 10.2. The maximum Gasteiger partial charge on any atom is 0.311 e. The molecule has 0 saturated carbocycles. The minimum absolute atomic E-state index is 0.0392. The Balaban J connectivity index is 2.28. The molecule has 0 fully saturated rings. The predicted molar refractivity (Wildman–Crippen MR) is 66.8 cm³/mol. The summed E-state index contributed by atoms with van der Waals surface area (Å²) in [5, 5.41) is 18.3. The zero-order chi connectivity index (χ0) is 13.1. The molecule has 0 spiro atoms. The second-order valence-electron chi connectivity index (χ2n) is 4.19. The third-order valence-corrected chi connectivity index (χ3v) is 2.51. The largest absolute Gasteiger partial charge is 0.485 e. The summed E-state index contributed by atoms with van der Waals surface area (Å²) in [6.07, 6.45) is 1.55. The quantitative estimate of drug-likeness (QED) is 0.640. The number of nitro benzene ring substituents is 1. The normalized spacial score (nSPS) is 11.1. The molecule has 1 heterocycles. The van der Waals surface area contributed by atoms with Crippen LogP contribution < -0.4 is 4.74 Å². The van der Waals surface area contributed by atoms with E-state index in [1.165, 1.54) is 6.07 Å². The summed E-state index contributed by atoms with van der Waals surface area (Å²) in [6.45, 7) is 1.09. The molecular formula is C11H14N4O3. The minimum atomic E-state index is -0.447. The topological polar surface area (TPSA) is 84.3 Å². The molecule has 0 amide bonds. The number of ether oxygens (including phenoxy) is 1. The number of aromatic nitrogens is 2. The molecule has 1 N–H and O–H groups in total. The second kappa shape index (κ2) is 5.01. The first kappa shape index (κ1) is 12.3. The Morgan fingerprint density at radius 1 is 1.50 bits per heavy atom. The molecule has 0 atom stereocenters. The van der Waals surface area contributed by atoms with E-state index in [2.05, 4.69) is 10.2 Å². The van der Waals surface area contributed by atoms with Crippen LogP contribution in [0.1, 0.15) is 0 Å². The molecule has 0 bridgehead atoms. The lowest BCUT2D eigenvalue weighted by molar-refractivity contribution is -0.385. The fraction of sp³-hybridized carbons (Fsp3) is 0.364. The van der Waals surface area contributed by atoms with Gasteiger partial charge in [-0.15, -0.1) is 0 Å². The van der Waals surface area contributed by atoms with Crippen LogP contribution in [0, 0.1) is 10.1 Å². The van der Waals surface area contributed by atoms with Gasteiger partial charge in [0.1, 0.15) is 6.61 Å². The maximum atomic E-state index is 11.0. The van der Waals surface area contributed by atoms with Gasteiger partial charge in [-0.05, 0) is 14.1 Å². The van der Waals surface area contributed by atoms with Gasteiger partial charge in [0.15, 0.2) is 5.75 Å². The van der Waals surface area contributed by atoms with Gasteiger partial charge >= 0.3 is 5.69 Å². The third kappa shape index (κ3) is 2.57. The average Bonchev–Trinajstić information content (AvgIpc) is 2.74. The molecule has 1 aromatic heterocycles. The summed E-state index contributed by atoms with van der Waals surface area (Å²) in [5.41, 5.74) is 0.683. The van der Waals surface area contributed by atoms with Crippen LogP contribution in [-0.2, 0) is 0 Å². The van der Waals surface area contributed by atoms with Gasteiger partial charge in [0, 0.05) is 24.1 Å². The zero-order valence-corrected chi connectivity index (χ0v) is 10.2. The van der Waals surface area contributed by atoms with E-state index in [1.54, 1.807) is 12.3 Å². The van der Waals surface area contributed by atoms with Crippen molar-refractivity contribution in [3.8, 4) is 5.75 Å². The van der Waals surface area contributed by atoms with Crippen molar-refractivity contribution in [1.29, 1.82) is 0 Å². The Bertz CT molecular complexity index is 564. The lowest BCUT2D eigenvalue weighted by Gasteiger charge is -2.11. The molecule has 0 aliphatic rings. The Hall–Kier alpha value is -2.15. The molecule has 0 aliphatic heterocycles. The molecule has 2 rings (SSSR count). The third-order valence-electron chi connectivity index (χ3n) is 2.51. The molecule has 0 aliphatic carbocycles. The van der Waals surface area contributed by atoms with Gasteiger partial charge in [0.2, 0.25) is 0 Å². The number of hydrogen-bond acceptors (Lipinski definition) is 5. The van der Waals surface area contributed by atoms with E-state index in [-0.39, 0.29) is 11.4 Å². The second-order valence-corrected chi connectivity index (χ2v) is 4.19. The molecule has 0 radical (unpaired) electrons. The number of aromatic amines is 1. The summed E-state index contributed by atoms with van der Waals surface area (Å²) >= 11 is 0. The molecule has 0 saturated heterocycles. The van der Waals surface area contributed by atoms with Crippen molar-refractivity contribution in [2.45, 2.75) is 0 Å². The van der Waals surface area contributed by atoms with Crippen molar-refractivity contribution < 1.29 is 9.66 Å². The van der Waals surface area contributed by atoms with Crippen molar-refractivity contribution >= 4 is 16.6 Å². The van der Waals surface area contributed by atoms with Gasteiger partial charge in [-0.25, -0.2) is 0 Å². The van der Waals surface area contributed by atoms with Crippen LogP contribution in [0.5, 0.6) is 5.75 Å². The Labute approximate surface area is 103 Å². The van der Waals surface area contributed by atoms with Gasteiger partial charge in [0.05, 0.1) is 16.6 Å². The highest BCUT2D eigenvalue weighted by Crippen LogP contribution is 2.31. The molecule has 2 aromatic rings. The first-order valence-corrected chi connectivity index (χ1v) is 5.47. The number of H-pyrrole nitrogens is 1. The molecule has 1 aromatic carbocycles. The molecule has 18 heavy (non-hydrogen) atoms. The summed E-state index contributed by atoms with van der Waals surface area (Å²) in [4.78, 5) is 12.5. The van der Waals surface area contributed by atoms with Crippen LogP contribution in [0.2, 0.25) is 0 Å². The molecular weight excluding hydrogens is 236 g/mol. The van der Waals surface area contributed by atoms with E-state index in [1.807, 2.05) is 19.0 Å². The monoisotopic (exact) mass is 250 g/mol. The number of hydrogen-bond donors (Lipinski definition) is 1. The minimum Gasteiger partial charge on any atom is -0.485 e. The highest BCUT2D eigenvalue weighted by molar-refractivity contribution is 5.83. The highest BCUT2D eigenvalue weighted by Gasteiger charge is 2.17. The average molecular weight is 250 g/mol. The number of fused-ring (bicyclic) bond motifs is 1.